The van der Waals surface area contributed by atoms with Gasteiger partial charge in [-0.2, -0.15) is 0 Å². The standard InChI is InChI=1S/C10H24N4O/c1-3-6-12-10(14-11)13-7-5-9-15-8-4-2/h3-9,11H2,1-2H3,(H2,12,13,14). The summed E-state index contributed by atoms with van der Waals surface area (Å²) < 4.78 is 5.35. The average molecular weight is 216 g/mol. The number of rotatable bonds is 8. The van der Waals surface area contributed by atoms with E-state index in [1.807, 2.05) is 0 Å². The zero-order valence-corrected chi connectivity index (χ0v) is 9.88. The van der Waals surface area contributed by atoms with Crippen molar-refractivity contribution in [1.29, 1.82) is 0 Å². The summed E-state index contributed by atoms with van der Waals surface area (Å²) in [4.78, 5) is 4.22. The minimum atomic E-state index is 0.660. The van der Waals surface area contributed by atoms with E-state index in [1.165, 1.54) is 0 Å². The second-order valence-corrected chi connectivity index (χ2v) is 3.27. The number of nitrogens with one attached hydrogen (secondary N) is 2. The van der Waals surface area contributed by atoms with Gasteiger partial charge in [0.25, 0.3) is 0 Å². The number of aliphatic imine (C=N–C) groups is 1. The van der Waals surface area contributed by atoms with Crippen molar-refractivity contribution in [2.45, 2.75) is 33.1 Å². The van der Waals surface area contributed by atoms with E-state index in [1.54, 1.807) is 0 Å². The molecule has 4 N–H and O–H groups in total. The lowest BCUT2D eigenvalue weighted by Gasteiger charge is -2.08. The Morgan fingerprint density at radius 1 is 1.27 bits per heavy atom. The first-order valence-corrected chi connectivity index (χ1v) is 5.67. The molecule has 0 atom stereocenters. The smallest absolute Gasteiger partial charge is 0.205 e. The Balaban J connectivity index is 3.38. The highest BCUT2D eigenvalue weighted by Crippen LogP contribution is 1.84. The summed E-state index contributed by atoms with van der Waals surface area (Å²) in [7, 11) is 0. The number of ether oxygens (including phenoxy) is 1. The van der Waals surface area contributed by atoms with E-state index >= 15 is 0 Å². The summed E-state index contributed by atoms with van der Waals surface area (Å²) in [6.07, 6.45) is 3.06. The molecule has 0 aliphatic carbocycles. The summed E-state index contributed by atoms with van der Waals surface area (Å²) in [6.45, 7) is 7.43. The van der Waals surface area contributed by atoms with E-state index in [0.29, 0.717) is 5.96 Å². The van der Waals surface area contributed by atoms with Crippen LogP contribution in [0.4, 0.5) is 0 Å². The summed E-state index contributed by atoms with van der Waals surface area (Å²) in [5.41, 5.74) is 2.54. The highest BCUT2D eigenvalue weighted by molar-refractivity contribution is 5.79. The van der Waals surface area contributed by atoms with E-state index < -0.39 is 0 Å². The summed E-state index contributed by atoms with van der Waals surface area (Å²) in [5, 5.41) is 3.12. The summed E-state index contributed by atoms with van der Waals surface area (Å²) in [5.74, 6) is 5.96. The number of nitrogens with two attached hydrogens (primary N) is 1. The lowest BCUT2D eigenvalue weighted by Crippen LogP contribution is -2.42. The molecule has 5 heteroatoms. The molecule has 0 aromatic rings. The topological polar surface area (TPSA) is 71.7 Å². The normalized spacial score (nSPS) is 11.5. The van der Waals surface area contributed by atoms with E-state index in [2.05, 4.69) is 29.6 Å². The van der Waals surface area contributed by atoms with Crippen LogP contribution in [0.15, 0.2) is 4.99 Å². The van der Waals surface area contributed by atoms with Gasteiger partial charge in [-0.3, -0.25) is 10.4 Å². The van der Waals surface area contributed by atoms with Crippen LogP contribution < -0.4 is 16.6 Å². The van der Waals surface area contributed by atoms with Crippen molar-refractivity contribution in [2.75, 3.05) is 26.3 Å². The Morgan fingerprint density at radius 2 is 2.07 bits per heavy atom. The van der Waals surface area contributed by atoms with Crippen LogP contribution in [0.1, 0.15) is 33.1 Å². The molecule has 0 spiro atoms. The molecule has 0 aromatic heterocycles. The zero-order valence-electron chi connectivity index (χ0n) is 9.88. The summed E-state index contributed by atoms with van der Waals surface area (Å²) >= 11 is 0. The fourth-order valence-electron chi connectivity index (χ4n) is 1.00. The van der Waals surface area contributed by atoms with Crippen molar-refractivity contribution < 1.29 is 4.74 Å². The monoisotopic (exact) mass is 216 g/mol. The van der Waals surface area contributed by atoms with E-state index in [0.717, 1.165) is 45.6 Å². The molecule has 5 nitrogen and oxygen atoms in total. The molecule has 15 heavy (non-hydrogen) atoms. The van der Waals surface area contributed by atoms with Gasteiger partial charge in [-0.25, -0.2) is 5.84 Å². The minimum absolute atomic E-state index is 0.660. The van der Waals surface area contributed by atoms with Crippen molar-refractivity contribution in [3.63, 3.8) is 0 Å². The second-order valence-electron chi connectivity index (χ2n) is 3.27. The molecule has 0 aliphatic rings. The molecule has 0 aliphatic heterocycles. The third kappa shape index (κ3) is 9.49. The van der Waals surface area contributed by atoms with Crippen molar-refractivity contribution in [1.82, 2.24) is 10.7 Å². The maximum atomic E-state index is 5.35. The van der Waals surface area contributed by atoms with Crippen LogP contribution in [0.3, 0.4) is 0 Å². The van der Waals surface area contributed by atoms with Gasteiger partial charge in [-0.1, -0.05) is 13.8 Å². The number of nitrogens with zero attached hydrogens (tertiary/aromatic N) is 1. The van der Waals surface area contributed by atoms with Gasteiger partial charge in [0.1, 0.15) is 0 Å². The molecule has 0 rings (SSSR count). The SMILES string of the molecule is CCCN=C(NN)NCCCOCCC. The van der Waals surface area contributed by atoms with Crippen molar-refractivity contribution in [2.24, 2.45) is 10.8 Å². The molecule has 0 unspecified atom stereocenters. The maximum absolute atomic E-state index is 5.35. The maximum Gasteiger partial charge on any atom is 0.205 e. The van der Waals surface area contributed by atoms with E-state index in [9.17, 15) is 0 Å². The number of hydrogen-bond acceptors (Lipinski definition) is 3. The van der Waals surface area contributed by atoms with E-state index in [4.69, 9.17) is 10.6 Å². The van der Waals surface area contributed by atoms with Gasteiger partial charge in [-0.15, -0.1) is 0 Å². The molecule has 0 bridgehead atoms. The quantitative estimate of drug-likeness (QED) is 0.183. The molecule has 0 aromatic carbocycles. The van der Waals surface area contributed by atoms with Crippen molar-refractivity contribution in [3.8, 4) is 0 Å². The molecule has 0 radical (unpaired) electrons. The molecular weight excluding hydrogens is 192 g/mol. The Kier molecular flexibility index (Phi) is 10.7. The van der Waals surface area contributed by atoms with Crippen molar-refractivity contribution in [3.05, 3.63) is 0 Å². The van der Waals surface area contributed by atoms with Crippen LogP contribution in [0.25, 0.3) is 0 Å². The Bertz CT molecular complexity index is 162. The van der Waals surface area contributed by atoms with Gasteiger partial charge < -0.3 is 10.1 Å². The van der Waals surface area contributed by atoms with Crippen LogP contribution in [0.2, 0.25) is 0 Å². The first-order valence-electron chi connectivity index (χ1n) is 5.67. The lowest BCUT2D eigenvalue weighted by molar-refractivity contribution is 0.133. The first-order chi connectivity index (χ1) is 7.35. The van der Waals surface area contributed by atoms with Crippen LogP contribution in [0.5, 0.6) is 0 Å². The van der Waals surface area contributed by atoms with Gasteiger partial charge in [0, 0.05) is 26.3 Å². The number of hydrogen-bond donors (Lipinski definition) is 3. The number of hydrazine groups is 1. The third-order valence-corrected chi connectivity index (χ3v) is 1.74. The zero-order chi connectivity index (χ0) is 11.4. The third-order valence-electron chi connectivity index (χ3n) is 1.74. The van der Waals surface area contributed by atoms with Crippen LogP contribution in [-0.4, -0.2) is 32.3 Å². The highest BCUT2D eigenvalue weighted by atomic mass is 16.5. The first kappa shape index (κ1) is 14.2. The second kappa shape index (κ2) is 11.3. The predicted molar refractivity (Wildman–Crippen MR) is 63.6 cm³/mol. The fourth-order valence-corrected chi connectivity index (χ4v) is 1.00. The largest absolute Gasteiger partial charge is 0.381 e. The van der Waals surface area contributed by atoms with Gasteiger partial charge in [0.2, 0.25) is 5.96 Å². The Morgan fingerprint density at radius 3 is 2.67 bits per heavy atom. The molecule has 0 fully saturated rings. The fraction of sp³-hybridized carbons (Fsp3) is 0.900. The minimum Gasteiger partial charge on any atom is -0.381 e. The van der Waals surface area contributed by atoms with E-state index in [-0.39, 0.29) is 0 Å². The Labute approximate surface area is 92.4 Å². The molecule has 0 heterocycles. The molecule has 90 valence electrons. The van der Waals surface area contributed by atoms with Crippen LogP contribution in [-0.2, 0) is 4.74 Å². The average Bonchev–Trinajstić information content (AvgIpc) is 2.27. The predicted octanol–water partition coefficient (Wildman–Crippen LogP) is 0.622. The van der Waals surface area contributed by atoms with Crippen LogP contribution in [0, 0.1) is 0 Å². The van der Waals surface area contributed by atoms with Gasteiger partial charge >= 0.3 is 0 Å². The Hall–Kier alpha value is -0.810. The van der Waals surface area contributed by atoms with Gasteiger partial charge in [-0.05, 0) is 19.3 Å². The van der Waals surface area contributed by atoms with Crippen LogP contribution >= 0.6 is 0 Å². The highest BCUT2D eigenvalue weighted by Gasteiger charge is 1.93. The molecular formula is C10H24N4O. The number of guanidine groups is 1. The molecule has 0 amide bonds. The molecule has 0 saturated carbocycles. The lowest BCUT2D eigenvalue weighted by atomic mass is 10.4. The summed E-state index contributed by atoms with van der Waals surface area (Å²) in [6, 6.07) is 0. The van der Waals surface area contributed by atoms with Crippen molar-refractivity contribution >= 4 is 5.96 Å². The van der Waals surface area contributed by atoms with Gasteiger partial charge in [0.15, 0.2) is 0 Å². The van der Waals surface area contributed by atoms with Gasteiger partial charge in [0.05, 0.1) is 0 Å². The molecule has 0 saturated heterocycles.